The summed E-state index contributed by atoms with van der Waals surface area (Å²) in [6.45, 7) is 5.83. The molecule has 1 heterocycles. The average molecular weight is 249 g/mol. The number of benzene rings is 1. The highest BCUT2D eigenvalue weighted by Gasteiger charge is 2.35. The lowest BCUT2D eigenvalue weighted by Gasteiger charge is -2.34. The predicted octanol–water partition coefficient (Wildman–Crippen LogP) is 2.81. The van der Waals surface area contributed by atoms with Crippen molar-refractivity contribution in [3.63, 3.8) is 0 Å². The minimum absolute atomic E-state index is 0.0921. The molecule has 0 saturated carbocycles. The first-order valence-electron chi connectivity index (χ1n) is 6.53. The molecule has 18 heavy (non-hydrogen) atoms. The Labute approximate surface area is 108 Å². The van der Waals surface area contributed by atoms with E-state index in [1.54, 1.807) is 18.2 Å². The van der Waals surface area contributed by atoms with Crippen molar-refractivity contribution >= 4 is 5.78 Å². The maximum atomic E-state index is 13.5. The van der Waals surface area contributed by atoms with Gasteiger partial charge in [0.15, 0.2) is 5.78 Å². The second kappa shape index (κ2) is 5.19. The summed E-state index contributed by atoms with van der Waals surface area (Å²) in [5, 5.41) is 0. The molecule has 0 bridgehead atoms. The number of likely N-dealkylation sites (tertiary alicyclic amines) is 1. The standard InChI is InChI=1S/C15H20FNO/c1-15(2,17-9-5-6-10-17)14(18)11-12-7-3-4-8-13(12)16/h3-4,7-8H,5-6,9-11H2,1-2H3. The highest BCUT2D eigenvalue weighted by Crippen LogP contribution is 2.23. The van der Waals surface area contributed by atoms with Gasteiger partial charge in [0.05, 0.1) is 5.54 Å². The number of rotatable bonds is 4. The highest BCUT2D eigenvalue weighted by atomic mass is 19.1. The van der Waals surface area contributed by atoms with Gasteiger partial charge in [-0.25, -0.2) is 4.39 Å². The first-order chi connectivity index (χ1) is 8.51. The van der Waals surface area contributed by atoms with Gasteiger partial charge in [-0.1, -0.05) is 18.2 Å². The van der Waals surface area contributed by atoms with Crippen LogP contribution in [-0.4, -0.2) is 29.3 Å². The SMILES string of the molecule is CC(C)(C(=O)Cc1ccccc1F)N1CCCC1. The monoisotopic (exact) mass is 249 g/mol. The van der Waals surface area contributed by atoms with E-state index in [0.29, 0.717) is 5.56 Å². The Morgan fingerprint density at radius 2 is 1.89 bits per heavy atom. The lowest BCUT2D eigenvalue weighted by molar-refractivity contribution is -0.128. The number of carbonyl (C=O) groups excluding carboxylic acids is 1. The number of carbonyl (C=O) groups is 1. The maximum Gasteiger partial charge on any atom is 0.156 e. The zero-order valence-corrected chi connectivity index (χ0v) is 11.1. The summed E-state index contributed by atoms with van der Waals surface area (Å²) in [6.07, 6.45) is 2.48. The van der Waals surface area contributed by atoms with Crippen molar-refractivity contribution < 1.29 is 9.18 Å². The van der Waals surface area contributed by atoms with Gasteiger partial charge in [0, 0.05) is 6.42 Å². The number of Topliss-reactive ketones (excluding diaryl/α,β-unsaturated/α-hetero) is 1. The van der Waals surface area contributed by atoms with E-state index in [1.807, 2.05) is 13.8 Å². The van der Waals surface area contributed by atoms with Crippen LogP contribution in [0, 0.1) is 5.82 Å². The van der Waals surface area contributed by atoms with Gasteiger partial charge in [0.2, 0.25) is 0 Å². The minimum Gasteiger partial charge on any atom is -0.297 e. The van der Waals surface area contributed by atoms with Crippen LogP contribution < -0.4 is 0 Å². The van der Waals surface area contributed by atoms with Crippen LogP contribution >= 0.6 is 0 Å². The fourth-order valence-electron chi connectivity index (χ4n) is 2.48. The molecule has 0 radical (unpaired) electrons. The van der Waals surface area contributed by atoms with Crippen molar-refractivity contribution in [1.29, 1.82) is 0 Å². The first kappa shape index (κ1) is 13.2. The fraction of sp³-hybridized carbons (Fsp3) is 0.533. The van der Waals surface area contributed by atoms with Crippen LogP contribution in [0.5, 0.6) is 0 Å². The lowest BCUT2D eigenvalue weighted by Crippen LogP contribution is -2.49. The molecule has 2 nitrogen and oxygen atoms in total. The Morgan fingerprint density at radius 1 is 1.28 bits per heavy atom. The summed E-state index contributed by atoms with van der Waals surface area (Å²) >= 11 is 0. The molecule has 98 valence electrons. The van der Waals surface area contributed by atoms with Crippen molar-refractivity contribution in [2.45, 2.75) is 38.6 Å². The molecule has 0 amide bonds. The molecular formula is C15H20FNO. The van der Waals surface area contributed by atoms with Crippen molar-refractivity contribution in [2.75, 3.05) is 13.1 Å². The smallest absolute Gasteiger partial charge is 0.156 e. The van der Waals surface area contributed by atoms with Gasteiger partial charge in [-0.15, -0.1) is 0 Å². The molecule has 0 spiro atoms. The molecule has 0 atom stereocenters. The normalized spacial score (nSPS) is 17.1. The second-order valence-electron chi connectivity index (χ2n) is 5.44. The van der Waals surface area contributed by atoms with Gasteiger partial charge >= 0.3 is 0 Å². The third kappa shape index (κ3) is 2.61. The molecule has 1 aliphatic rings. The van der Waals surface area contributed by atoms with Gasteiger partial charge in [-0.3, -0.25) is 9.69 Å². The van der Waals surface area contributed by atoms with Crippen LogP contribution in [0.3, 0.4) is 0 Å². The minimum atomic E-state index is -0.487. The first-order valence-corrected chi connectivity index (χ1v) is 6.53. The van der Waals surface area contributed by atoms with Crippen LogP contribution in [0.2, 0.25) is 0 Å². The van der Waals surface area contributed by atoms with Gasteiger partial charge in [0.25, 0.3) is 0 Å². The number of hydrogen-bond donors (Lipinski definition) is 0. The molecule has 1 aliphatic heterocycles. The van der Waals surface area contributed by atoms with E-state index >= 15 is 0 Å². The van der Waals surface area contributed by atoms with E-state index in [-0.39, 0.29) is 18.0 Å². The largest absolute Gasteiger partial charge is 0.297 e. The third-order valence-corrected chi connectivity index (χ3v) is 3.89. The Morgan fingerprint density at radius 3 is 2.50 bits per heavy atom. The summed E-state index contributed by atoms with van der Waals surface area (Å²) in [5.74, 6) is -0.197. The molecule has 0 aliphatic carbocycles. The molecule has 0 N–H and O–H groups in total. The zero-order valence-electron chi connectivity index (χ0n) is 11.1. The van der Waals surface area contributed by atoms with Gasteiger partial charge < -0.3 is 0 Å². The third-order valence-electron chi connectivity index (χ3n) is 3.89. The van der Waals surface area contributed by atoms with Crippen molar-refractivity contribution in [1.82, 2.24) is 4.90 Å². The number of hydrogen-bond acceptors (Lipinski definition) is 2. The highest BCUT2D eigenvalue weighted by molar-refractivity contribution is 5.89. The summed E-state index contributed by atoms with van der Waals surface area (Å²) < 4.78 is 13.5. The second-order valence-corrected chi connectivity index (χ2v) is 5.44. The van der Waals surface area contributed by atoms with E-state index < -0.39 is 5.54 Å². The molecule has 1 aromatic rings. The van der Waals surface area contributed by atoms with Gasteiger partial charge in [0.1, 0.15) is 5.82 Å². The molecule has 2 rings (SSSR count). The van der Waals surface area contributed by atoms with Crippen molar-refractivity contribution in [3.05, 3.63) is 35.6 Å². The Hall–Kier alpha value is -1.22. The zero-order chi connectivity index (χ0) is 13.2. The van der Waals surface area contributed by atoms with Crippen LogP contribution in [-0.2, 0) is 11.2 Å². The average Bonchev–Trinajstić information content (AvgIpc) is 2.86. The van der Waals surface area contributed by atoms with Crippen LogP contribution in [0.25, 0.3) is 0 Å². The molecule has 3 heteroatoms. The van der Waals surface area contributed by atoms with E-state index in [0.717, 1.165) is 25.9 Å². The van der Waals surface area contributed by atoms with Gasteiger partial charge in [-0.05, 0) is 51.4 Å². The Bertz CT molecular complexity index is 436. The summed E-state index contributed by atoms with van der Waals surface area (Å²) in [6, 6.07) is 6.52. The molecule has 1 aromatic carbocycles. The summed E-state index contributed by atoms with van der Waals surface area (Å²) in [5.41, 5.74) is 0.00784. The predicted molar refractivity (Wildman–Crippen MR) is 70.0 cm³/mol. The van der Waals surface area contributed by atoms with E-state index in [4.69, 9.17) is 0 Å². The maximum absolute atomic E-state index is 13.5. The quantitative estimate of drug-likeness (QED) is 0.818. The molecular weight excluding hydrogens is 229 g/mol. The Kier molecular flexibility index (Phi) is 3.81. The summed E-state index contributed by atoms with van der Waals surface area (Å²) in [7, 11) is 0. The van der Waals surface area contributed by atoms with Crippen LogP contribution in [0.15, 0.2) is 24.3 Å². The van der Waals surface area contributed by atoms with E-state index in [2.05, 4.69) is 4.90 Å². The summed E-state index contributed by atoms with van der Waals surface area (Å²) in [4.78, 5) is 14.6. The van der Waals surface area contributed by atoms with Gasteiger partial charge in [-0.2, -0.15) is 0 Å². The molecule has 1 fully saturated rings. The number of halogens is 1. The van der Waals surface area contributed by atoms with Crippen LogP contribution in [0.1, 0.15) is 32.3 Å². The molecule has 0 aromatic heterocycles. The van der Waals surface area contributed by atoms with Crippen molar-refractivity contribution in [2.24, 2.45) is 0 Å². The number of nitrogens with zero attached hydrogens (tertiary/aromatic N) is 1. The molecule has 0 unspecified atom stereocenters. The van der Waals surface area contributed by atoms with E-state index in [1.165, 1.54) is 6.07 Å². The van der Waals surface area contributed by atoms with E-state index in [9.17, 15) is 9.18 Å². The fourth-order valence-corrected chi connectivity index (χ4v) is 2.48. The number of ketones is 1. The topological polar surface area (TPSA) is 20.3 Å². The molecule has 1 saturated heterocycles. The Balaban J connectivity index is 2.09. The van der Waals surface area contributed by atoms with Crippen molar-refractivity contribution in [3.8, 4) is 0 Å². The lowest BCUT2D eigenvalue weighted by atomic mass is 9.92. The van der Waals surface area contributed by atoms with Crippen LogP contribution in [0.4, 0.5) is 4.39 Å².